The minimum atomic E-state index is 0.927. The zero-order valence-corrected chi connectivity index (χ0v) is 26.0. The first kappa shape index (κ1) is 33.4. The van der Waals surface area contributed by atoms with Crippen molar-refractivity contribution in [2.45, 2.75) is 168 Å². The highest BCUT2D eigenvalue weighted by Gasteiger charge is 2.07. The first-order valence-corrected chi connectivity index (χ1v) is 17.2. The van der Waals surface area contributed by atoms with Crippen LogP contribution in [0.15, 0.2) is 48.5 Å². The average molecular weight is 535 g/mol. The lowest BCUT2D eigenvalue weighted by Crippen LogP contribution is -1.97. The van der Waals surface area contributed by atoms with Gasteiger partial charge in [-0.25, -0.2) is 0 Å². The number of ether oxygens (including phenoxy) is 1. The average Bonchev–Trinajstić information content (AvgIpc) is 2.96. The molecule has 0 aliphatic rings. The first-order chi connectivity index (χ1) is 19.3. The molecule has 0 saturated carbocycles. The number of benzene rings is 2. The van der Waals surface area contributed by atoms with Crippen LogP contribution >= 0.6 is 0 Å². The summed E-state index contributed by atoms with van der Waals surface area (Å²) in [4.78, 5) is 0. The molecule has 0 heterocycles. The van der Waals surface area contributed by atoms with Gasteiger partial charge in [0.1, 0.15) is 11.5 Å². The van der Waals surface area contributed by atoms with Crippen LogP contribution in [0.2, 0.25) is 0 Å². The largest absolute Gasteiger partial charge is 0.457 e. The third-order valence-electron chi connectivity index (χ3n) is 8.26. The number of hydrogen-bond donors (Lipinski definition) is 0. The van der Waals surface area contributed by atoms with Gasteiger partial charge in [0.05, 0.1) is 0 Å². The number of hydrogen-bond acceptors (Lipinski definition) is 1. The van der Waals surface area contributed by atoms with Gasteiger partial charge in [0.25, 0.3) is 0 Å². The van der Waals surface area contributed by atoms with Crippen LogP contribution in [0.25, 0.3) is 0 Å². The van der Waals surface area contributed by atoms with Gasteiger partial charge in [-0.2, -0.15) is 0 Å². The van der Waals surface area contributed by atoms with E-state index in [1.807, 2.05) is 30.3 Å². The summed E-state index contributed by atoms with van der Waals surface area (Å²) in [5.74, 6) is 1.92. The van der Waals surface area contributed by atoms with Crippen molar-refractivity contribution in [1.82, 2.24) is 0 Å². The molecule has 0 bridgehead atoms. The Hall–Kier alpha value is -1.76. The molecular weight excluding hydrogens is 472 g/mol. The maximum atomic E-state index is 6.19. The summed E-state index contributed by atoms with van der Waals surface area (Å²) >= 11 is 0. The maximum absolute atomic E-state index is 6.19. The molecule has 0 unspecified atom stereocenters. The Kier molecular flexibility index (Phi) is 20.6. The van der Waals surface area contributed by atoms with Gasteiger partial charge in [-0.15, -0.1) is 0 Å². The van der Waals surface area contributed by atoms with Crippen molar-refractivity contribution in [1.29, 1.82) is 0 Å². The molecule has 39 heavy (non-hydrogen) atoms. The molecule has 0 radical (unpaired) electrons. The zero-order chi connectivity index (χ0) is 27.6. The third-order valence-corrected chi connectivity index (χ3v) is 8.26. The van der Waals surface area contributed by atoms with Gasteiger partial charge < -0.3 is 4.74 Å². The van der Waals surface area contributed by atoms with E-state index < -0.39 is 0 Å². The quantitative estimate of drug-likeness (QED) is 0.109. The highest BCUT2D eigenvalue weighted by atomic mass is 16.5. The molecule has 0 amide bonds. The smallest absolute Gasteiger partial charge is 0.127 e. The van der Waals surface area contributed by atoms with E-state index >= 15 is 0 Å². The predicted molar refractivity (Wildman–Crippen MR) is 173 cm³/mol. The minimum absolute atomic E-state index is 0.927. The molecule has 0 aromatic heterocycles. The highest BCUT2D eigenvalue weighted by Crippen LogP contribution is 2.26. The normalized spacial score (nSPS) is 11.2. The van der Waals surface area contributed by atoms with Gasteiger partial charge in [-0.05, 0) is 61.1 Å². The van der Waals surface area contributed by atoms with Crippen LogP contribution in [0.5, 0.6) is 11.5 Å². The minimum Gasteiger partial charge on any atom is -0.457 e. The van der Waals surface area contributed by atoms with Crippen LogP contribution in [-0.2, 0) is 12.8 Å². The maximum Gasteiger partial charge on any atom is 0.127 e. The summed E-state index contributed by atoms with van der Waals surface area (Å²) in [5, 5.41) is 0. The van der Waals surface area contributed by atoms with Gasteiger partial charge >= 0.3 is 0 Å². The lowest BCUT2D eigenvalue weighted by molar-refractivity contribution is 0.481. The molecule has 0 aliphatic carbocycles. The second-order valence-corrected chi connectivity index (χ2v) is 11.9. The summed E-state index contributed by atoms with van der Waals surface area (Å²) in [6, 6.07) is 17.1. The van der Waals surface area contributed by atoms with Crippen LogP contribution in [0, 0.1) is 0 Å². The highest BCUT2D eigenvalue weighted by molar-refractivity contribution is 5.38. The van der Waals surface area contributed by atoms with Gasteiger partial charge in [0, 0.05) is 0 Å². The fourth-order valence-corrected chi connectivity index (χ4v) is 5.73. The SMILES string of the molecule is CCCCCCCCCCCCCc1ccc(Oc2ccccc2)cc1CCCCCCCCCCCCC. The molecule has 0 saturated heterocycles. The molecule has 0 aliphatic heterocycles. The Morgan fingerprint density at radius 3 is 1.26 bits per heavy atom. The van der Waals surface area contributed by atoms with Crippen molar-refractivity contribution < 1.29 is 4.74 Å². The standard InChI is InChI=1S/C38H62O/c1-3-5-7-9-11-13-15-17-19-21-24-28-35-32-33-38(39-37-30-26-23-27-31-37)34-36(35)29-25-22-20-18-16-14-12-10-8-6-4-2/h23,26-27,30-34H,3-22,24-25,28-29H2,1-2H3. The van der Waals surface area contributed by atoms with Crippen LogP contribution < -0.4 is 4.74 Å². The molecule has 220 valence electrons. The van der Waals surface area contributed by atoms with E-state index in [-0.39, 0.29) is 0 Å². The molecule has 0 fully saturated rings. The molecule has 0 spiro atoms. The Morgan fingerprint density at radius 2 is 0.795 bits per heavy atom. The van der Waals surface area contributed by atoms with Crippen molar-refractivity contribution in [2.75, 3.05) is 0 Å². The summed E-state index contributed by atoms with van der Waals surface area (Å²) < 4.78 is 6.19. The number of para-hydroxylation sites is 1. The Morgan fingerprint density at radius 1 is 0.385 bits per heavy atom. The van der Waals surface area contributed by atoms with Crippen molar-refractivity contribution in [2.24, 2.45) is 0 Å². The van der Waals surface area contributed by atoms with Crippen LogP contribution in [-0.4, -0.2) is 0 Å². The third kappa shape index (κ3) is 17.5. The number of rotatable bonds is 26. The summed E-state index contributed by atoms with van der Waals surface area (Å²) in [7, 11) is 0. The van der Waals surface area contributed by atoms with Gasteiger partial charge in [0.2, 0.25) is 0 Å². The van der Waals surface area contributed by atoms with Crippen LogP contribution in [0.3, 0.4) is 0 Å². The van der Waals surface area contributed by atoms with Crippen molar-refractivity contribution >= 4 is 0 Å². The molecule has 0 atom stereocenters. The Balaban J connectivity index is 1.70. The van der Waals surface area contributed by atoms with Crippen LogP contribution in [0.1, 0.15) is 166 Å². The fourth-order valence-electron chi connectivity index (χ4n) is 5.73. The van der Waals surface area contributed by atoms with Gasteiger partial charge in [-0.1, -0.05) is 167 Å². The number of unbranched alkanes of at least 4 members (excludes halogenated alkanes) is 20. The van der Waals surface area contributed by atoms with Crippen molar-refractivity contribution in [3.05, 3.63) is 59.7 Å². The van der Waals surface area contributed by atoms with E-state index in [0.29, 0.717) is 0 Å². The molecular formula is C38H62O. The molecule has 1 nitrogen and oxygen atoms in total. The van der Waals surface area contributed by atoms with Crippen molar-refractivity contribution in [3.8, 4) is 11.5 Å². The zero-order valence-electron chi connectivity index (χ0n) is 26.0. The lowest BCUT2D eigenvalue weighted by atomic mass is 9.96. The van der Waals surface area contributed by atoms with E-state index in [4.69, 9.17) is 4.74 Å². The van der Waals surface area contributed by atoms with Crippen molar-refractivity contribution in [3.63, 3.8) is 0 Å². The van der Waals surface area contributed by atoms with E-state index in [1.54, 1.807) is 5.56 Å². The summed E-state index contributed by atoms with van der Waals surface area (Å²) in [6.07, 6.45) is 33.3. The van der Waals surface area contributed by atoms with E-state index in [2.05, 4.69) is 32.0 Å². The number of aryl methyl sites for hydroxylation is 2. The van der Waals surface area contributed by atoms with Crippen LogP contribution in [0.4, 0.5) is 0 Å². The second kappa shape index (κ2) is 24.1. The van der Waals surface area contributed by atoms with E-state index in [0.717, 1.165) is 11.5 Å². The Bertz CT molecular complexity index is 796. The van der Waals surface area contributed by atoms with Gasteiger partial charge in [-0.3, -0.25) is 0 Å². The van der Waals surface area contributed by atoms with E-state index in [1.165, 1.54) is 160 Å². The Labute approximate surface area is 243 Å². The monoisotopic (exact) mass is 534 g/mol. The topological polar surface area (TPSA) is 9.23 Å². The summed E-state index contributed by atoms with van der Waals surface area (Å²) in [5.41, 5.74) is 3.07. The van der Waals surface area contributed by atoms with E-state index in [9.17, 15) is 0 Å². The molecule has 0 N–H and O–H groups in total. The molecule has 2 rings (SSSR count). The summed E-state index contributed by atoms with van der Waals surface area (Å²) in [6.45, 7) is 4.60. The predicted octanol–water partition coefficient (Wildman–Crippen LogP) is 13.2. The molecule has 2 aromatic rings. The molecule has 2 aromatic carbocycles. The lowest BCUT2D eigenvalue weighted by Gasteiger charge is -2.13. The van der Waals surface area contributed by atoms with Gasteiger partial charge in [0.15, 0.2) is 0 Å². The first-order valence-electron chi connectivity index (χ1n) is 17.2. The second-order valence-electron chi connectivity index (χ2n) is 11.9. The fraction of sp³-hybridized carbons (Fsp3) is 0.684. The molecule has 1 heteroatoms.